The van der Waals surface area contributed by atoms with Crippen molar-refractivity contribution in [3.8, 4) is 11.6 Å². The molecule has 2 heterocycles. The van der Waals surface area contributed by atoms with E-state index in [4.69, 9.17) is 16.3 Å². The molecule has 0 bridgehead atoms. The maximum atomic E-state index is 13.8. The van der Waals surface area contributed by atoms with Crippen LogP contribution in [0.1, 0.15) is 37.1 Å². The van der Waals surface area contributed by atoms with E-state index in [1.54, 1.807) is 0 Å². The van der Waals surface area contributed by atoms with Crippen molar-refractivity contribution in [2.75, 3.05) is 31.1 Å². The molecule has 6 nitrogen and oxygen atoms in total. The second kappa shape index (κ2) is 9.63. The highest BCUT2D eigenvalue weighted by Gasteiger charge is 2.45. The fourth-order valence-corrected chi connectivity index (χ4v) is 5.29. The molecule has 1 saturated heterocycles. The number of rotatable bonds is 5. The Morgan fingerprint density at radius 3 is 2.29 bits per heavy atom. The third-order valence-corrected chi connectivity index (χ3v) is 7.17. The number of hydrogen-bond donors (Lipinski definition) is 0. The van der Waals surface area contributed by atoms with E-state index in [0.29, 0.717) is 29.8 Å². The van der Waals surface area contributed by atoms with Crippen LogP contribution in [0.25, 0.3) is 0 Å². The van der Waals surface area contributed by atoms with Crippen LogP contribution in [0.3, 0.4) is 0 Å². The predicted molar refractivity (Wildman–Crippen MR) is 134 cm³/mol. The second-order valence-electron chi connectivity index (χ2n) is 9.10. The van der Waals surface area contributed by atoms with Gasteiger partial charge in [-0.3, -0.25) is 4.79 Å². The van der Waals surface area contributed by atoms with Crippen LogP contribution in [0.5, 0.6) is 11.6 Å². The topological polar surface area (TPSA) is 58.6 Å². The lowest BCUT2D eigenvalue weighted by atomic mass is 9.77. The van der Waals surface area contributed by atoms with Crippen molar-refractivity contribution in [1.82, 2.24) is 14.9 Å². The molecule has 0 unspecified atom stereocenters. The van der Waals surface area contributed by atoms with Crippen molar-refractivity contribution in [2.24, 2.45) is 0 Å². The van der Waals surface area contributed by atoms with Crippen molar-refractivity contribution in [3.63, 3.8) is 0 Å². The minimum atomic E-state index is -0.422. The van der Waals surface area contributed by atoms with Gasteiger partial charge < -0.3 is 14.5 Å². The molecule has 0 atom stereocenters. The lowest BCUT2D eigenvalue weighted by molar-refractivity contribution is -0.137. The second-order valence-corrected chi connectivity index (χ2v) is 9.54. The molecular weight excluding hydrogens is 448 g/mol. The van der Waals surface area contributed by atoms with Crippen LogP contribution in [-0.2, 0) is 10.2 Å². The van der Waals surface area contributed by atoms with Gasteiger partial charge in [0.25, 0.3) is 0 Å². The van der Waals surface area contributed by atoms with E-state index in [9.17, 15) is 4.79 Å². The van der Waals surface area contributed by atoms with E-state index in [0.717, 1.165) is 55.9 Å². The van der Waals surface area contributed by atoms with Crippen molar-refractivity contribution in [2.45, 2.75) is 38.0 Å². The molecule has 1 aliphatic heterocycles. The Morgan fingerprint density at radius 1 is 0.941 bits per heavy atom. The number of halogens is 1. The Balaban J connectivity index is 1.29. The first-order chi connectivity index (χ1) is 16.5. The largest absolute Gasteiger partial charge is 0.439 e. The molecule has 0 radical (unpaired) electrons. The third-order valence-electron chi connectivity index (χ3n) is 6.92. The highest BCUT2D eigenvalue weighted by atomic mass is 35.5. The summed E-state index contributed by atoms with van der Waals surface area (Å²) in [4.78, 5) is 27.1. The van der Waals surface area contributed by atoms with E-state index in [2.05, 4.69) is 14.9 Å². The predicted octanol–water partition coefficient (Wildman–Crippen LogP) is 5.39. The van der Waals surface area contributed by atoms with Crippen molar-refractivity contribution in [3.05, 3.63) is 77.1 Å². The Labute approximate surface area is 205 Å². The van der Waals surface area contributed by atoms with Crippen molar-refractivity contribution in [1.29, 1.82) is 0 Å². The van der Waals surface area contributed by atoms with Gasteiger partial charge in [0.05, 0.1) is 5.41 Å². The molecule has 1 saturated carbocycles. The van der Waals surface area contributed by atoms with Crippen LogP contribution < -0.4 is 9.64 Å². The van der Waals surface area contributed by atoms with Gasteiger partial charge in [-0.25, -0.2) is 4.98 Å². The van der Waals surface area contributed by atoms with E-state index in [1.807, 2.05) is 72.5 Å². The molecule has 2 aromatic carbocycles. The monoisotopic (exact) mass is 476 g/mol. The van der Waals surface area contributed by atoms with Crippen LogP contribution >= 0.6 is 11.6 Å². The molecule has 1 aliphatic carbocycles. The Bertz CT molecular complexity index is 1140. The lowest BCUT2D eigenvalue weighted by Crippen LogP contribution is -2.54. The van der Waals surface area contributed by atoms with Crippen LogP contribution in [0.4, 0.5) is 5.82 Å². The number of hydrogen-bond acceptors (Lipinski definition) is 5. The average Bonchev–Trinajstić information content (AvgIpc) is 3.36. The minimum Gasteiger partial charge on any atom is -0.439 e. The molecule has 2 fully saturated rings. The van der Waals surface area contributed by atoms with Gasteiger partial charge in [-0.2, -0.15) is 4.98 Å². The zero-order valence-electron chi connectivity index (χ0n) is 19.4. The maximum Gasteiger partial charge on any atom is 0.233 e. The fourth-order valence-electron chi connectivity index (χ4n) is 5.16. The molecule has 34 heavy (non-hydrogen) atoms. The highest BCUT2D eigenvalue weighted by Crippen LogP contribution is 2.43. The molecule has 1 aromatic heterocycles. The number of aromatic nitrogens is 2. The van der Waals surface area contributed by atoms with Gasteiger partial charge in [-0.15, -0.1) is 0 Å². The highest BCUT2D eigenvalue weighted by molar-refractivity contribution is 6.30. The molecule has 1 amide bonds. The number of piperazine rings is 1. The normalized spacial score (nSPS) is 17.6. The van der Waals surface area contributed by atoms with Crippen LogP contribution in [0.15, 0.2) is 60.7 Å². The standard InChI is InChI=1S/C27H29ClN4O2/c1-20-29-24(19-25(30-20)34-23-7-3-2-4-8-23)31-15-17-32(18-16-31)26(33)27(13-5-6-14-27)21-9-11-22(28)12-10-21/h2-4,7-12,19H,5-6,13-18H2,1H3. The van der Waals surface area contributed by atoms with E-state index >= 15 is 0 Å². The first-order valence-corrected chi connectivity index (χ1v) is 12.3. The summed E-state index contributed by atoms with van der Waals surface area (Å²) in [5.74, 6) is 3.01. The fraction of sp³-hybridized carbons (Fsp3) is 0.370. The zero-order valence-corrected chi connectivity index (χ0v) is 20.2. The maximum absolute atomic E-state index is 13.8. The van der Waals surface area contributed by atoms with Gasteiger partial charge in [0.1, 0.15) is 17.4 Å². The summed E-state index contributed by atoms with van der Waals surface area (Å²) >= 11 is 6.11. The number of para-hydroxylation sites is 1. The Kier molecular flexibility index (Phi) is 6.42. The molecule has 7 heteroatoms. The summed E-state index contributed by atoms with van der Waals surface area (Å²) in [6.07, 6.45) is 3.97. The Hall–Kier alpha value is -3.12. The minimum absolute atomic E-state index is 0.249. The van der Waals surface area contributed by atoms with Crippen molar-refractivity contribution < 1.29 is 9.53 Å². The number of nitrogens with zero attached hydrogens (tertiary/aromatic N) is 4. The lowest BCUT2D eigenvalue weighted by Gasteiger charge is -2.40. The summed E-state index contributed by atoms with van der Waals surface area (Å²) < 4.78 is 5.94. The van der Waals surface area contributed by atoms with Crippen molar-refractivity contribution >= 4 is 23.3 Å². The number of carbonyl (C=O) groups is 1. The van der Waals surface area contributed by atoms with Crippen LogP contribution in [0.2, 0.25) is 5.02 Å². The first kappa shape index (κ1) is 22.7. The quantitative estimate of drug-likeness (QED) is 0.494. The molecule has 176 valence electrons. The van der Waals surface area contributed by atoms with E-state index in [-0.39, 0.29) is 5.91 Å². The SMILES string of the molecule is Cc1nc(Oc2ccccc2)cc(N2CCN(C(=O)C3(c4ccc(Cl)cc4)CCCC3)CC2)n1. The Morgan fingerprint density at radius 2 is 1.62 bits per heavy atom. The molecular formula is C27H29ClN4O2. The number of amides is 1. The first-order valence-electron chi connectivity index (χ1n) is 11.9. The summed E-state index contributed by atoms with van der Waals surface area (Å²) in [6.45, 7) is 4.67. The average molecular weight is 477 g/mol. The molecule has 5 rings (SSSR count). The van der Waals surface area contributed by atoms with Crippen LogP contribution in [-0.4, -0.2) is 47.0 Å². The number of carbonyl (C=O) groups excluding carboxylic acids is 1. The molecule has 2 aliphatic rings. The smallest absolute Gasteiger partial charge is 0.233 e. The van der Waals surface area contributed by atoms with Gasteiger partial charge in [0.2, 0.25) is 11.8 Å². The van der Waals surface area contributed by atoms with Gasteiger partial charge in [0.15, 0.2) is 0 Å². The summed E-state index contributed by atoms with van der Waals surface area (Å²) in [5.41, 5.74) is 0.672. The van der Waals surface area contributed by atoms with E-state index < -0.39 is 5.41 Å². The van der Waals surface area contributed by atoms with Gasteiger partial charge in [-0.05, 0) is 49.6 Å². The van der Waals surface area contributed by atoms with E-state index in [1.165, 1.54) is 0 Å². The third kappa shape index (κ3) is 4.60. The van der Waals surface area contributed by atoms with Gasteiger partial charge >= 0.3 is 0 Å². The number of benzene rings is 2. The van der Waals surface area contributed by atoms with Gasteiger partial charge in [-0.1, -0.05) is 54.8 Å². The molecule has 3 aromatic rings. The summed E-state index contributed by atoms with van der Waals surface area (Å²) in [7, 11) is 0. The zero-order chi connectivity index (χ0) is 23.5. The summed E-state index contributed by atoms with van der Waals surface area (Å²) in [5, 5.41) is 0.703. The number of aryl methyl sites for hydroxylation is 1. The van der Waals surface area contributed by atoms with Gasteiger partial charge in [0, 0.05) is 37.3 Å². The number of ether oxygens (including phenoxy) is 1. The molecule has 0 spiro atoms. The molecule has 0 N–H and O–H groups in total. The summed E-state index contributed by atoms with van der Waals surface area (Å²) in [6, 6.07) is 19.4. The van der Waals surface area contributed by atoms with Crippen LogP contribution in [0, 0.1) is 6.92 Å². The number of anilines is 1.